The van der Waals surface area contributed by atoms with Gasteiger partial charge in [0.05, 0.1) is 0 Å². The Hall–Kier alpha value is -8.26. The van der Waals surface area contributed by atoms with Gasteiger partial charge in [-0.25, -0.2) is 0 Å². The van der Waals surface area contributed by atoms with Crippen LogP contribution in [0.15, 0.2) is 249 Å². The van der Waals surface area contributed by atoms with Gasteiger partial charge in [-0.3, -0.25) is 0 Å². The Kier molecular flexibility index (Phi) is 8.90. The summed E-state index contributed by atoms with van der Waals surface area (Å²) < 4.78 is 0. The van der Waals surface area contributed by atoms with E-state index >= 15 is 0 Å². The lowest BCUT2D eigenvalue weighted by molar-refractivity contribution is 1.30. The van der Waals surface area contributed by atoms with Gasteiger partial charge in [0.15, 0.2) is 0 Å². The molecule has 0 aliphatic rings. The second-order valence-electron chi connectivity index (χ2n) is 16.4. The molecule has 0 unspecified atom stereocenters. The molecule has 12 rings (SSSR count). The Morgan fingerprint density at radius 1 is 0.222 bits per heavy atom. The standard InChI is InChI=1S/C62H41N/c1-4-16-42(17-5-1)45-28-30-47(31-29-45)57-41-58(46-20-6-2-7-21-46)61-55-27-15-14-26-54(55)59-40-53(36-37-56(59)62(61)60(57)48-22-8-3-9-23-48)63(51-34-32-43-18-10-12-24-49(43)38-51)52-35-33-44-19-11-13-25-50(44)39-52/h1-41H. The van der Waals surface area contributed by atoms with Crippen molar-refractivity contribution in [3.63, 3.8) is 0 Å². The van der Waals surface area contributed by atoms with E-state index in [1.807, 2.05) is 0 Å². The minimum Gasteiger partial charge on any atom is -0.310 e. The van der Waals surface area contributed by atoms with E-state index in [0.717, 1.165) is 17.1 Å². The van der Waals surface area contributed by atoms with Gasteiger partial charge in [-0.05, 0) is 141 Å². The van der Waals surface area contributed by atoms with E-state index in [4.69, 9.17) is 0 Å². The van der Waals surface area contributed by atoms with Crippen molar-refractivity contribution in [2.24, 2.45) is 0 Å². The van der Waals surface area contributed by atoms with E-state index in [9.17, 15) is 0 Å². The summed E-state index contributed by atoms with van der Waals surface area (Å²) in [6, 6.07) is 91.3. The van der Waals surface area contributed by atoms with Crippen molar-refractivity contribution in [2.45, 2.75) is 0 Å². The molecule has 0 aromatic heterocycles. The number of benzene rings is 12. The summed E-state index contributed by atoms with van der Waals surface area (Å²) in [6.07, 6.45) is 0. The molecule has 0 saturated carbocycles. The number of hydrogen-bond acceptors (Lipinski definition) is 1. The molecule has 0 spiro atoms. The number of anilines is 3. The molecule has 0 bridgehead atoms. The molecule has 1 heteroatoms. The van der Waals surface area contributed by atoms with Crippen molar-refractivity contribution in [2.75, 3.05) is 4.90 Å². The highest BCUT2D eigenvalue weighted by molar-refractivity contribution is 6.33. The molecule has 0 saturated heterocycles. The summed E-state index contributed by atoms with van der Waals surface area (Å²) in [6.45, 7) is 0. The second kappa shape index (κ2) is 15.3. The highest BCUT2D eigenvalue weighted by Crippen LogP contribution is 2.50. The van der Waals surface area contributed by atoms with Crippen molar-refractivity contribution in [3.8, 4) is 44.5 Å². The lowest BCUT2D eigenvalue weighted by Crippen LogP contribution is -2.10. The topological polar surface area (TPSA) is 3.24 Å². The number of fused-ring (bicyclic) bond motifs is 8. The van der Waals surface area contributed by atoms with E-state index in [1.54, 1.807) is 0 Å². The predicted octanol–water partition coefficient (Wildman–Crippen LogP) is 17.6. The molecule has 0 radical (unpaired) electrons. The third kappa shape index (κ3) is 6.42. The predicted molar refractivity (Wildman–Crippen MR) is 270 cm³/mol. The van der Waals surface area contributed by atoms with Crippen LogP contribution in [0.3, 0.4) is 0 Å². The van der Waals surface area contributed by atoms with Crippen LogP contribution in [0.4, 0.5) is 17.1 Å². The van der Waals surface area contributed by atoms with Crippen LogP contribution in [-0.4, -0.2) is 0 Å². The normalized spacial score (nSPS) is 11.5. The molecule has 12 aromatic rings. The SMILES string of the molecule is c1ccc(-c2ccc(-c3cc(-c4ccccc4)c4c5ccccc5c5cc(N(c6ccc7ccccc7c6)c6ccc7ccccc7c6)ccc5c4c3-c3ccccc3)cc2)cc1. The molecular weight excluding hydrogens is 759 g/mol. The number of rotatable bonds is 7. The van der Waals surface area contributed by atoms with E-state index in [2.05, 4.69) is 254 Å². The van der Waals surface area contributed by atoms with Crippen molar-refractivity contribution in [1.82, 2.24) is 0 Å². The lowest BCUT2D eigenvalue weighted by Gasteiger charge is -2.27. The second-order valence-corrected chi connectivity index (χ2v) is 16.4. The molecule has 63 heavy (non-hydrogen) atoms. The van der Waals surface area contributed by atoms with Crippen LogP contribution in [0, 0.1) is 0 Å². The van der Waals surface area contributed by atoms with Gasteiger partial charge in [0.1, 0.15) is 0 Å². The molecule has 0 fully saturated rings. The first kappa shape index (κ1) is 36.6. The maximum Gasteiger partial charge on any atom is 0.0468 e. The molecule has 0 aliphatic carbocycles. The minimum absolute atomic E-state index is 1.11. The maximum absolute atomic E-state index is 2.45. The Morgan fingerprint density at radius 2 is 0.651 bits per heavy atom. The molecular formula is C62H41N. The third-order valence-electron chi connectivity index (χ3n) is 12.8. The van der Waals surface area contributed by atoms with Crippen LogP contribution in [0.2, 0.25) is 0 Å². The first-order valence-corrected chi connectivity index (χ1v) is 21.7. The quantitative estimate of drug-likeness (QED) is 0.145. The summed E-state index contributed by atoms with van der Waals surface area (Å²) in [5.41, 5.74) is 13.0. The third-order valence-corrected chi connectivity index (χ3v) is 12.8. The van der Waals surface area contributed by atoms with Crippen LogP contribution in [-0.2, 0) is 0 Å². The molecule has 0 amide bonds. The highest BCUT2D eigenvalue weighted by Gasteiger charge is 2.23. The van der Waals surface area contributed by atoms with Gasteiger partial charge in [-0.1, -0.05) is 206 Å². The monoisotopic (exact) mass is 799 g/mol. The summed E-state index contributed by atoms with van der Waals surface area (Å²) in [5, 5.41) is 12.3. The Bertz CT molecular complexity index is 3570. The first-order valence-electron chi connectivity index (χ1n) is 21.7. The van der Waals surface area contributed by atoms with Gasteiger partial charge >= 0.3 is 0 Å². The van der Waals surface area contributed by atoms with Crippen molar-refractivity contribution < 1.29 is 0 Å². The van der Waals surface area contributed by atoms with Gasteiger partial charge in [0.25, 0.3) is 0 Å². The highest BCUT2D eigenvalue weighted by atomic mass is 15.1. The summed E-state index contributed by atoms with van der Waals surface area (Å²) >= 11 is 0. The molecule has 0 N–H and O–H groups in total. The molecule has 0 heterocycles. The number of nitrogens with zero attached hydrogens (tertiary/aromatic N) is 1. The average molecular weight is 800 g/mol. The van der Waals surface area contributed by atoms with Crippen LogP contribution in [0.25, 0.3) is 98.4 Å². The van der Waals surface area contributed by atoms with Crippen LogP contribution >= 0.6 is 0 Å². The zero-order valence-electron chi connectivity index (χ0n) is 34.6. The van der Waals surface area contributed by atoms with Gasteiger partial charge in [0, 0.05) is 17.1 Å². The lowest BCUT2D eigenvalue weighted by atomic mass is 9.81. The Morgan fingerprint density at radius 3 is 1.27 bits per heavy atom. The van der Waals surface area contributed by atoms with Crippen LogP contribution in [0.1, 0.15) is 0 Å². The molecule has 1 nitrogen and oxygen atoms in total. The molecule has 12 aromatic carbocycles. The van der Waals surface area contributed by atoms with Crippen LogP contribution in [0.5, 0.6) is 0 Å². The van der Waals surface area contributed by atoms with E-state index in [-0.39, 0.29) is 0 Å². The minimum atomic E-state index is 1.11. The fourth-order valence-corrected chi connectivity index (χ4v) is 9.81. The molecule has 0 atom stereocenters. The summed E-state index contributed by atoms with van der Waals surface area (Å²) in [5.74, 6) is 0. The smallest absolute Gasteiger partial charge is 0.0468 e. The van der Waals surface area contributed by atoms with Gasteiger partial charge in [0.2, 0.25) is 0 Å². The zero-order valence-corrected chi connectivity index (χ0v) is 34.6. The Balaban J connectivity index is 1.18. The summed E-state index contributed by atoms with van der Waals surface area (Å²) in [7, 11) is 0. The maximum atomic E-state index is 2.45. The van der Waals surface area contributed by atoms with Crippen molar-refractivity contribution in [1.29, 1.82) is 0 Å². The van der Waals surface area contributed by atoms with Gasteiger partial charge < -0.3 is 4.90 Å². The molecule has 294 valence electrons. The van der Waals surface area contributed by atoms with E-state index in [1.165, 1.54) is 98.4 Å². The fourth-order valence-electron chi connectivity index (χ4n) is 9.81. The Labute approximate surface area is 367 Å². The summed E-state index contributed by atoms with van der Waals surface area (Å²) in [4.78, 5) is 2.43. The van der Waals surface area contributed by atoms with Crippen molar-refractivity contribution in [3.05, 3.63) is 249 Å². The molecule has 0 aliphatic heterocycles. The first-order chi connectivity index (χ1) is 31.2. The van der Waals surface area contributed by atoms with Gasteiger partial charge in [-0.15, -0.1) is 0 Å². The van der Waals surface area contributed by atoms with E-state index < -0.39 is 0 Å². The fraction of sp³-hybridized carbons (Fsp3) is 0. The van der Waals surface area contributed by atoms with Crippen LogP contribution < -0.4 is 4.90 Å². The zero-order chi connectivity index (χ0) is 41.7. The average Bonchev–Trinajstić information content (AvgIpc) is 3.36. The number of hydrogen-bond donors (Lipinski definition) is 0. The largest absolute Gasteiger partial charge is 0.310 e. The van der Waals surface area contributed by atoms with Gasteiger partial charge in [-0.2, -0.15) is 0 Å². The van der Waals surface area contributed by atoms with E-state index in [0.29, 0.717) is 0 Å². The van der Waals surface area contributed by atoms with Crippen molar-refractivity contribution >= 4 is 70.9 Å².